The molecule has 5 nitrogen and oxygen atoms in total. The minimum atomic E-state index is -0.462. The standard InChI is InChI=1S/C22H38N2O3/c1-5-7-9-11-17-23(3)21-25-19-13-15-20(16-14-19)26-22(27-21)24(4)18-12-10-8-6-2/h13-16,21-22H,5-12,17-18H2,1-4H3. The quantitative estimate of drug-likeness (QED) is 0.475. The van der Waals surface area contributed by atoms with Gasteiger partial charge in [0.1, 0.15) is 11.5 Å². The van der Waals surface area contributed by atoms with Gasteiger partial charge < -0.3 is 9.47 Å². The van der Waals surface area contributed by atoms with Crippen molar-refractivity contribution >= 4 is 0 Å². The van der Waals surface area contributed by atoms with Gasteiger partial charge in [0.15, 0.2) is 0 Å². The van der Waals surface area contributed by atoms with Crippen LogP contribution < -0.4 is 9.47 Å². The monoisotopic (exact) mass is 378 g/mol. The Labute approximate surface area is 165 Å². The molecule has 0 spiro atoms. The molecule has 27 heavy (non-hydrogen) atoms. The van der Waals surface area contributed by atoms with Crippen molar-refractivity contribution in [2.24, 2.45) is 0 Å². The maximum atomic E-state index is 6.28. The summed E-state index contributed by atoms with van der Waals surface area (Å²) in [5.74, 6) is 1.61. The Balaban J connectivity index is 1.98. The van der Waals surface area contributed by atoms with E-state index in [1.165, 1.54) is 38.5 Å². The smallest absolute Gasteiger partial charge is 0.265 e. The van der Waals surface area contributed by atoms with Gasteiger partial charge in [0.25, 0.3) is 12.8 Å². The first-order chi connectivity index (χ1) is 13.1. The van der Waals surface area contributed by atoms with Crippen molar-refractivity contribution in [1.82, 2.24) is 9.80 Å². The summed E-state index contributed by atoms with van der Waals surface area (Å²) in [6.45, 7) is 6.34. The number of fused-ring (bicyclic) bond motifs is 6. The summed E-state index contributed by atoms with van der Waals surface area (Å²) in [5.41, 5.74) is 0. The maximum absolute atomic E-state index is 6.28. The minimum Gasteiger partial charge on any atom is -0.451 e. The molecule has 0 amide bonds. The van der Waals surface area contributed by atoms with Crippen molar-refractivity contribution in [3.63, 3.8) is 0 Å². The van der Waals surface area contributed by atoms with Crippen LogP contribution in [0.2, 0.25) is 0 Å². The van der Waals surface area contributed by atoms with Gasteiger partial charge in [-0.1, -0.05) is 52.4 Å². The average Bonchev–Trinajstić information content (AvgIpc) is 2.83. The van der Waals surface area contributed by atoms with Gasteiger partial charge in [-0.05, 0) is 51.2 Å². The molecule has 0 aromatic heterocycles. The summed E-state index contributed by atoms with van der Waals surface area (Å²) < 4.78 is 18.5. The van der Waals surface area contributed by atoms with Crippen molar-refractivity contribution in [3.05, 3.63) is 24.3 Å². The van der Waals surface area contributed by atoms with Gasteiger partial charge in [-0.2, -0.15) is 0 Å². The summed E-state index contributed by atoms with van der Waals surface area (Å²) >= 11 is 0. The van der Waals surface area contributed by atoms with Crippen LogP contribution in [0.4, 0.5) is 0 Å². The fourth-order valence-corrected chi connectivity index (χ4v) is 3.16. The van der Waals surface area contributed by atoms with Crippen LogP contribution in [-0.4, -0.2) is 49.8 Å². The molecule has 0 fully saturated rings. The van der Waals surface area contributed by atoms with Crippen LogP contribution >= 0.6 is 0 Å². The maximum Gasteiger partial charge on any atom is 0.265 e. The van der Waals surface area contributed by atoms with Gasteiger partial charge in [-0.25, -0.2) is 9.80 Å². The molecule has 2 unspecified atom stereocenters. The lowest BCUT2D eigenvalue weighted by molar-refractivity contribution is -0.278. The van der Waals surface area contributed by atoms with Crippen LogP contribution in [0, 0.1) is 0 Å². The van der Waals surface area contributed by atoms with Crippen molar-refractivity contribution in [2.45, 2.75) is 78.0 Å². The Hall–Kier alpha value is -1.30. The van der Waals surface area contributed by atoms with E-state index in [9.17, 15) is 0 Å². The van der Waals surface area contributed by atoms with Crippen LogP contribution in [0.25, 0.3) is 0 Å². The van der Waals surface area contributed by atoms with Crippen molar-refractivity contribution in [2.75, 3.05) is 27.2 Å². The molecule has 0 saturated carbocycles. The third-order valence-electron chi connectivity index (χ3n) is 4.98. The van der Waals surface area contributed by atoms with Gasteiger partial charge in [-0.3, -0.25) is 4.74 Å². The second-order valence-electron chi connectivity index (χ2n) is 7.54. The third-order valence-corrected chi connectivity index (χ3v) is 4.98. The summed E-state index contributed by atoms with van der Waals surface area (Å²) in [6, 6.07) is 7.78. The first-order valence-corrected chi connectivity index (χ1v) is 10.6. The van der Waals surface area contributed by atoms with Gasteiger partial charge in [0, 0.05) is 13.1 Å². The van der Waals surface area contributed by atoms with Gasteiger partial charge >= 0.3 is 0 Å². The lowest BCUT2D eigenvalue weighted by atomic mass is 10.2. The molecule has 1 aromatic rings. The Morgan fingerprint density at radius 3 is 1.44 bits per heavy atom. The zero-order chi connectivity index (χ0) is 19.5. The Bertz CT molecular complexity index is 464. The van der Waals surface area contributed by atoms with E-state index in [0.29, 0.717) is 0 Å². The number of rotatable bonds is 12. The Morgan fingerprint density at radius 1 is 0.667 bits per heavy atom. The first kappa shape index (κ1) is 22.0. The number of nitrogens with zero attached hydrogens (tertiary/aromatic N) is 2. The van der Waals surface area contributed by atoms with Gasteiger partial charge in [0.05, 0.1) is 0 Å². The second kappa shape index (κ2) is 12.2. The zero-order valence-electron chi connectivity index (χ0n) is 17.7. The van der Waals surface area contributed by atoms with Gasteiger partial charge in [-0.15, -0.1) is 0 Å². The Kier molecular flexibility index (Phi) is 9.95. The van der Waals surface area contributed by atoms with Crippen LogP contribution in [0.3, 0.4) is 0 Å². The van der Waals surface area contributed by atoms with E-state index >= 15 is 0 Å². The Morgan fingerprint density at radius 2 is 1.07 bits per heavy atom. The normalized spacial score (nSPS) is 19.5. The molecule has 3 rings (SSSR count). The number of benzene rings is 1. The highest BCUT2D eigenvalue weighted by Crippen LogP contribution is 2.25. The number of hydrogen-bond donors (Lipinski definition) is 0. The highest BCUT2D eigenvalue weighted by atomic mass is 16.8. The molecule has 0 radical (unpaired) electrons. The summed E-state index contributed by atoms with van der Waals surface area (Å²) in [5, 5.41) is 0. The van der Waals surface area contributed by atoms with E-state index in [2.05, 4.69) is 37.7 Å². The molecule has 5 heteroatoms. The first-order valence-electron chi connectivity index (χ1n) is 10.6. The minimum absolute atomic E-state index is 0.462. The molecule has 154 valence electrons. The van der Waals surface area contributed by atoms with Crippen molar-refractivity contribution < 1.29 is 14.2 Å². The molecule has 0 N–H and O–H groups in total. The predicted molar refractivity (Wildman–Crippen MR) is 110 cm³/mol. The molecule has 2 heterocycles. The molecule has 2 aliphatic heterocycles. The SMILES string of the molecule is CCCCCCN(C)C1Oc2ccc(cc2)OC(N(C)CCCCCC)O1. The molecular formula is C22H38N2O3. The van der Waals surface area contributed by atoms with E-state index in [0.717, 1.165) is 37.4 Å². The van der Waals surface area contributed by atoms with Crippen LogP contribution in [0.1, 0.15) is 65.2 Å². The highest BCUT2D eigenvalue weighted by molar-refractivity contribution is 5.31. The largest absolute Gasteiger partial charge is 0.451 e. The predicted octanol–water partition coefficient (Wildman–Crippen LogP) is 5.07. The lowest BCUT2D eigenvalue weighted by Crippen LogP contribution is -2.48. The van der Waals surface area contributed by atoms with Crippen LogP contribution in [0.5, 0.6) is 11.5 Å². The molecule has 1 aromatic carbocycles. The van der Waals surface area contributed by atoms with E-state index in [1.807, 2.05) is 24.3 Å². The topological polar surface area (TPSA) is 34.2 Å². The number of unbranched alkanes of at least 4 members (excludes halogenated alkanes) is 6. The molecule has 2 atom stereocenters. The molecule has 0 saturated heterocycles. The summed E-state index contributed by atoms with van der Waals surface area (Å²) in [6.07, 6.45) is 8.86. The fourth-order valence-electron chi connectivity index (χ4n) is 3.16. The van der Waals surface area contributed by atoms with E-state index < -0.39 is 12.8 Å². The van der Waals surface area contributed by atoms with Gasteiger partial charge in [0.2, 0.25) is 0 Å². The summed E-state index contributed by atoms with van der Waals surface area (Å²) in [7, 11) is 4.11. The zero-order valence-corrected chi connectivity index (χ0v) is 17.7. The number of ether oxygens (including phenoxy) is 3. The lowest BCUT2D eigenvalue weighted by Gasteiger charge is -2.34. The van der Waals surface area contributed by atoms with Crippen molar-refractivity contribution in [3.8, 4) is 11.5 Å². The second-order valence-corrected chi connectivity index (χ2v) is 7.54. The molecular weight excluding hydrogens is 340 g/mol. The fraction of sp³-hybridized carbons (Fsp3) is 0.727. The molecule has 2 aliphatic rings. The number of hydrogen-bond acceptors (Lipinski definition) is 5. The highest BCUT2D eigenvalue weighted by Gasteiger charge is 2.27. The van der Waals surface area contributed by atoms with Crippen molar-refractivity contribution in [1.29, 1.82) is 0 Å². The van der Waals surface area contributed by atoms with Crippen LogP contribution in [-0.2, 0) is 4.74 Å². The molecule has 0 aliphatic carbocycles. The van der Waals surface area contributed by atoms with Crippen LogP contribution in [0.15, 0.2) is 24.3 Å². The average molecular weight is 379 g/mol. The summed E-state index contributed by atoms with van der Waals surface area (Å²) in [4.78, 5) is 4.27. The van der Waals surface area contributed by atoms with E-state index in [1.54, 1.807) is 0 Å². The third kappa shape index (κ3) is 7.68. The van der Waals surface area contributed by atoms with E-state index in [-0.39, 0.29) is 0 Å². The van der Waals surface area contributed by atoms with E-state index in [4.69, 9.17) is 14.2 Å². The molecule has 2 bridgehead atoms.